The number of aliphatic carboxylic acids is 2. The molecule has 3 atom stereocenters. The van der Waals surface area contributed by atoms with Gasteiger partial charge in [0.05, 0.1) is 12.1 Å². The van der Waals surface area contributed by atoms with Gasteiger partial charge in [0.2, 0.25) is 5.91 Å². The van der Waals surface area contributed by atoms with Crippen LogP contribution in [0.5, 0.6) is 0 Å². The number of hydrogen-bond acceptors (Lipinski definition) is 5. The van der Waals surface area contributed by atoms with Crippen LogP contribution in [0.1, 0.15) is 69.0 Å². The molecule has 1 aliphatic heterocycles. The molecule has 0 radical (unpaired) electrons. The summed E-state index contributed by atoms with van der Waals surface area (Å²) in [5, 5.41) is 25.4. The molecule has 182 valence electrons. The van der Waals surface area contributed by atoms with E-state index in [1.54, 1.807) is 6.92 Å². The Hall–Kier alpha value is -2.45. The Morgan fingerprint density at radius 2 is 1.85 bits per heavy atom. The molecule has 1 heterocycles. The van der Waals surface area contributed by atoms with E-state index in [1.165, 1.54) is 17.7 Å². The first-order valence-electron chi connectivity index (χ1n) is 12.2. The highest BCUT2D eigenvalue weighted by atomic mass is 16.4. The first-order chi connectivity index (χ1) is 15.9. The van der Waals surface area contributed by atoms with Crippen molar-refractivity contribution in [2.45, 2.75) is 76.4 Å². The molecule has 1 aliphatic carbocycles. The molecule has 2 aliphatic rings. The number of unbranched alkanes of at least 4 members (excludes halogenated alkanes) is 1. The van der Waals surface area contributed by atoms with Gasteiger partial charge in [-0.05, 0) is 69.2 Å². The first kappa shape index (κ1) is 25.2. The van der Waals surface area contributed by atoms with Crippen molar-refractivity contribution < 1.29 is 24.6 Å². The minimum absolute atomic E-state index is 0.303. The number of aryl methyl sites for hydroxylation is 1. The minimum Gasteiger partial charge on any atom is -0.480 e. The monoisotopic (exact) mass is 459 g/mol. The lowest BCUT2D eigenvalue weighted by atomic mass is 9.92. The van der Waals surface area contributed by atoms with Crippen LogP contribution in [0, 0.1) is 5.92 Å². The second-order valence-electron chi connectivity index (χ2n) is 9.37. The summed E-state index contributed by atoms with van der Waals surface area (Å²) in [5.74, 6) is -1.72. The molecular formula is C25H37N3O5. The molecule has 1 fully saturated rings. The Labute approximate surface area is 195 Å². The number of amides is 1. The molecular weight excluding hydrogens is 422 g/mol. The molecule has 0 bridgehead atoms. The van der Waals surface area contributed by atoms with E-state index < -0.39 is 30.6 Å². The highest BCUT2D eigenvalue weighted by Gasteiger charge is 2.35. The van der Waals surface area contributed by atoms with Gasteiger partial charge >= 0.3 is 11.9 Å². The third-order valence-corrected chi connectivity index (χ3v) is 7.00. The van der Waals surface area contributed by atoms with Gasteiger partial charge < -0.3 is 20.4 Å². The van der Waals surface area contributed by atoms with Crippen LogP contribution in [0.3, 0.4) is 0 Å². The summed E-state index contributed by atoms with van der Waals surface area (Å²) < 4.78 is 0. The average Bonchev–Trinajstić information content (AvgIpc) is 3.23. The van der Waals surface area contributed by atoms with E-state index in [2.05, 4.69) is 10.6 Å². The van der Waals surface area contributed by atoms with E-state index in [-0.39, 0.29) is 11.9 Å². The number of fused-ring (bicyclic) bond motifs is 1. The van der Waals surface area contributed by atoms with Crippen molar-refractivity contribution in [1.82, 2.24) is 15.5 Å². The fraction of sp³-hybridized carbons (Fsp3) is 0.640. The van der Waals surface area contributed by atoms with Crippen LogP contribution in [0.15, 0.2) is 24.3 Å². The van der Waals surface area contributed by atoms with Crippen molar-refractivity contribution in [3.8, 4) is 0 Å². The van der Waals surface area contributed by atoms with Gasteiger partial charge in [0.1, 0.15) is 12.6 Å². The predicted octanol–water partition coefficient (Wildman–Crippen LogP) is 2.58. The number of carboxylic acids is 2. The number of carbonyl (C=O) groups excluding carboxylic acids is 1. The zero-order valence-corrected chi connectivity index (χ0v) is 19.5. The van der Waals surface area contributed by atoms with Crippen LogP contribution >= 0.6 is 0 Å². The molecule has 33 heavy (non-hydrogen) atoms. The molecule has 3 rings (SSSR count). The van der Waals surface area contributed by atoms with E-state index in [4.69, 9.17) is 0 Å². The average molecular weight is 460 g/mol. The topological polar surface area (TPSA) is 119 Å². The van der Waals surface area contributed by atoms with E-state index in [9.17, 15) is 24.6 Å². The van der Waals surface area contributed by atoms with Gasteiger partial charge in [-0.3, -0.25) is 19.7 Å². The number of nitrogens with one attached hydrogen (secondary N) is 2. The SMILES string of the molecule is C[C@H](NC(CCCCC1CCNCC1)C(=O)O)C(=O)N(CC(=O)O)C1CCc2ccccc21. The molecule has 8 heteroatoms. The van der Waals surface area contributed by atoms with Gasteiger partial charge in [0.25, 0.3) is 0 Å². The fourth-order valence-corrected chi connectivity index (χ4v) is 5.20. The van der Waals surface area contributed by atoms with E-state index in [0.717, 1.165) is 49.9 Å². The Morgan fingerprint density at radius 1 is 1.12 bits per heavy atom. The second kappa shape index (κ2) is 12.1. The predicted molar refractivity (Wildman–Crippen MR) is 125 cm³/mol. The fourth-order valence-electron chi connectivity index (χ4n) is 5.20. The molecule has 1 aromatic carbocycles. The third-order valence-electron chi connectivity index (χ3n) is 7.00. The largest absolute Gasteiger partial charge is 0.480 e. The van der Waals surface area contributed by atoms with Gasteiger partial charge in [-0.1, -0.05) is 43.5 Å². The van der Waals surface area contributed by atoms with Crippen molar-refractivity contribution >= 4 is 17.8 Å². The summed E-state index contributed by atoms with van der Waals surface area (Å²) in [6.45, 7) is 3.34. The molecule has 0 spiro atoms. The minimum atomic E-state index is -1.08. The third kappa shape index (κ3) is 7.01. The van der Waals surface area contributed by atoms with Crippen LogP contribution in [0.2, 0.25) is 0 Å². The maximum Gasteiger partial charge on any atom is 0.323 e. The summed E-state index contributed by atoms with van der Waals surface area (Å²) in [6, 6.07) is 5.86. The van der Waals surface area contributed by atoms with Crippen LogP contribution in [0.4, 0.5) is 0 Å². The van der Waals surface area contributed by atoms with Crippen LogP contribution in [-0.4, -0.2) is 64.7 Å². The van der Waals surface area contributed by atoms with Crippen molar-refractivity contribution in [3.63, 3.8) is 0 Å². The molecule has 1 aromatic rings. The summed E-state index contributed by atoms with van der Waals surface area (Å²) in [6.07, 6.45) is 7.13. The highest BCUT2D eigenvalue weighted by Crippen LogP contribution is 2.35. The van der Waals surface area contributed by atoms with Crippen molar-refractivity contribution in [3.05, 3.63) is 35.4 Å². The first-order valence-corrected chi connectivity index (χ1v) is 12.2. The number of hydrogen-bond donors (Lipinski definition) is 4. The Balaban J connectivity index is 1.57. The standard InChI is InChI=1S/C25H37N3O5/c1-17(27-21(25(32)33)9-5-2-6-18-12-14-26-15-13-18)24(31)28(16-23(29)30)22-11-10-19-7-3-4-8-20(19)22/h3-4,7-8,17-18,21-22,26-27H,2,5-6,9-16H2,1H3,(H,29,30)(H,32,33)/t17-,21?,22?/m0/s1. The maximum atomic E-state index is 13.3. The number of carbonyl (C=O) groups is 3. The van der Waals surface area contributed by atoms with Gasteiger partial charge in [-0.2, -0.15) is 0 Å². The number of carboxylic acid groups (broad SMARTS) is 2. The smallest absolute Gasteiger partial charge is 0.323 e. The van der Waals surface area contributed by atoms with Crippen molar-refractivity contribution in [1.29, 1.82) is 0 Å². The lowest BCUT2D eigenvalue weighted by Gasteiger charge is -2.32. The lowest BCUT2D eigenvalue weighted by Crippen LogP contribution is -2.52. The Kier molecular flexibility index (Phi) is 9.26. The molecule has 1 saturated heterocycles. The van der Waals surface area contributed by atoms with E-state index in [0.29, 0.717) is 18.8 Å². The van der Waals surface area contributed by atoms with E-state index in [1.807, 2.05) is 24.3 Å². The van der Waals surface area contributed by atoms with Gasteiger partial charge in [0, 0.05) is 0 Å². The van der Waals surface area contributed by atoms with Crippen LogP contribution in [-0.2, 0) is 20.8 Å². The van der Waals surface area contributed by atoms with Gasteiger partial charge in [-0.25, -0.2) is 0 Å². The zero-order valence-electron chi connectivity index (χ0n) is 19.5. The normalized spacial score (nSPS) is 20.1. The molecule has 0 aromatic heterocycles. The number of nitrogens with zero attached hydrogens (tertiary/aromatic N) is 1. The zero-order chi connectivity index (χ0) is 23.8. The highest BCUT2D eigenvalue weighted by molar-refractivity contribution is 5.86. The van der Waals surface area contributed by atoms with Gasteiger partial charge in [0.15, 0.2) is 0 Å². The van der Waals surface area contributed by atoms with Crippen LogP contribution in [0.25, 0.3) is 0 Å². The van der Waals surface area contributed by atoms with Crippen LogP contribution < -0.4 is 10.6 Å². The Morgan fingerprint density at radius 3 is 2.55 bits per heavy atom. The summed E-state index contributed by atoms with van der Waals surface area (Å²) in [4.78, 5) is 38.0. The second-order valence-corrected chi connectivity index (χ2v) is 9.37. The summed E-state index contributed by atoms with van der Waals surface area (Å²) in [7, 11) is 0. The molecule has 0 saturated carbocycles. The lowest BCUT2D eigenvalue weighted by molar-refractivity contribution is -0.148. The summed E-state index contributed by atoms with van der Waals surface area (Å²) >= 11 is 0. The Bertz CT molecular complexity index is 824. The van der Waals surface area contributed by atoms with Crippen molar-refractivity contribution in [2.75, 3.05) is 19.6 Å². The maximum absolute atomic E-state index is 13.3. The number of piperidine rings is 1. The van der Waals surface area contributed by atoms with Gasteiger partial charge in [-0.15, -0.1) is 0 Å². The molecule has 2 unspecified atom stereocenters. The number of benzene rings is 1. The van der Waals surface area contributed by atoms with Crippen molar-refractivity contribution in [2.24, 2.45) is 5.92 Å². The molecule has 4 N–H and O–H groups in total. The molecule has 1 amide bonds. The number of rotatable bonds is 12. The van der Waals surface area contributed by atoms with E-state index >= 15 is 0 Å². The quantitative estimate of drug-likeness (QED) is 0.355. The summed E-state index contributed by atoms with van der Waals surface area (Å²) in [5.41, 5.74) is 2.11. The molecule has 8 nitrogen and oxygen atoms in total.